The fourth-order valence-corrected chi connectivity index (χ4v) is 3.24. The molecule has 6 nitrogen and oxygen atoms in total. The van der Waals surface area contributed by atoms with Crippen LogP contribution in [0.25, 0.3) is 0 Å². The maximum absolute atomic E-state index is 12.4. The molecule has 0 aliphatic rings. The molecule has 172 valence electrons. The van der Waals surface area contributed by atoms with Gasteiger partial charge in [0.25, 0.3) is 0 Å². The third-order valence-electron chi connectivity index (χ3n) is 5.08. The summed E-state index contributed by atoms with van der Waals surface area (Å²) in [7, 11) is 0. The Kier molecular flexibility index (Phi) is 9.00. The third kappa shape index (κ3) is 7.75. The Bertz CT molecular complexity index is 1040. The van der Waals surface area contributed by atoms with Crippen molar-refractivity contribution in [3.05, 3.63) is 89.7 Å². The Morgan fingerprint density at radius 3 is 2.48 bits per heavy atom. The molecule has 6 heteroatoms. The fourth-order valence-electron chi connectivity index (χ4n) is 3.24. The summed E-state index contributed by atoms with van der Waals surface area (Å²) >= 11 is 0. The summed E-state index contributed by atoms with van der Waals surface area (Å²) in [6.07, 6.45) is 2.94. The second-order valence-corrected chi connectivity index (χ2v) is 7.77. The standard InChI is InChI=1S/C27H30N2O4/c1-3-17-32-24-12-10-21(11-13-24)26(30)14-15-27(31)29-20(2)22-7-6-9-25(18-22)33-19-23-8-4-5-16-28-23/h4-13,16,18,20H,3,14-15,17,19H2,1-2H3,(H,29,31). The zero-order valence-electron chi connectivity index (χ0n) is 19.1. The highest BCUT2D eigenvalue weighted by Crippen LogP contribution is 2.20. The van der Waals surface area contributed by atoms with Crippen molar-refractivity contribution in [2.45, 2.75) is 45.8 Å². The van der Waals surface area contributed by atoms with Crippen LogP contribution in [0.5, 0.6) is 11.5 Å². The lowest BCUT2D eigenvalue weighted by molar-refractivity contribution is -0.121. The number of nitrogens with one attached hydrogen (secondary N) is 1. The van der Waals surface area contributed by atoms with Gasteiger partial charge in [-0.1, -0.05) is 25.1 Å². The van der Waals surface area contributed by atoms with Gasteiger partial charge in [0.15, 0.2) is 5.78 Å². The number of pyridine rings is 1. The molecule has 1 atom stereocenters. The first-order valence-electron chi connectivity index (χ1n) is 11.2. The summed E-state index contributed by atoms with van der Waals surface area (Å²) in [4.78, 5) is 29.1. The third-order valence-corrected chi connectivity index (χ3v) is 5.08. The van der Waals surface area contributed by atoms with Crippen molar-refractivity contribution in [3.8, 4) is 11.5 Å². The maximum atomic E-state index is 12.4. The van der Waals surface area contributed by atoms with Crippen molar-refractivity contribution in [1.29, 1.82) is 0 Å². The molecule has 33 heavy (non-hydrogen) atoms. The number of ketones is 1. The highest BCUT2D eigenvalue weighted by molar-refractivity contribution is 5.98. The molecule has 0 aliphatic heterocycles. The number of aromatic nitrogens is 1. The molecule has 1 heterocycles. The first kappa shape index (κ1) is 24.0. The number of hydrogen-bond acceptors (Lipinski definition) is 5. The monoisotopic (exact) mass is 446 g/mol. The fraction of sp³-hybridized carbons (Fsp3) is 0.296. The van der Waals surface area contributed by atoms with Crippen molar-refractivity contribution in [3.63, 3.8) is 0 Å². The van der Waals surface area contributed by atoms with Crippen LogP contribution in [0.2, 0.25) is 0 Å². The largest absolute Gasteiger partial charge is 0.494 e. The second-order valence-electron chi connectivity index (χ2n) is 7.77. The van der Waals surface area contributed by atoms with Gasteiger partial charge < -0.3 is 14.8 Å². The Morgan fingerprint density at radius 1 is 0.939 bits per heavy atom. The lowest BCUT2D eigenvalue weighted by Crippen LogP contribution is -2.27. The smallest absolute Gasteiger partial charge is 0.220 e. The summed E-state index contributed by atoms with van der Waals surface area (Å²) in [6, 6.07) is 20.1. The molecule has 0 saturated heterocycles. The summed E-state index contributed by atoms with van der Waals surface area (Å²) in [6.45, 7) is 4.97. The zero-order valence-corrected chi connectivity index (χ0v) is 19.1. The van der Waals surface area contributed by atoms with Crippen LogP contribution in [0.3, 0.4) is 0 Å². The average molecular weight is 447 g/mol. The van der Waals surface area contributed by atoms with Crippen LogP contribution in [-0.2, 0) is 11.4 Å². The van der Waals surface area contributed by atoms with E-state index in [1.165, 1.54) is 0 Å². The van der Waals surface area contributed by atoms with Gasteiger partial charge >= 0.3 is 0 Å². The minimum absolute atomic E-state index is 0.0650. The topological polar surface area (TPSA) is 77.5 Å². The number of rotatable bonds is 12. The minimum atomic E-state index is -0.207. The molecule has 1 aromatic heterocycles. The number of hydrogen-bond donors (Lipinski definition) is 1. The molecule has 0 aliphatic carbocycles. The van der Waals surface area contributed by atoms with E-state index in [0.717, 1.165) is 23.4 Å². The molecule has 0 bridgehead atoms. The predicted octanol–water partition coefficient (Wildman–Crippen LogP) is 5.29. The van der Waals surface area contributed by atoms with E-state index in [2.05, 4.69) is 10.3 Å². The first-order chi connectivity index (χ1) is 16.0. The van der Waals surface area contributed by atoms with Crippen molar-refractivity contribution in [1.82, 2.24) is 10.3 Å². The van der Waals surface area contributed by atoms with Gasteiger partial charge in [-0.15, -0.1) is 0 Å². The van der Waals surface area contributed by atoms with Crippen molar-refractivity contribution >= 4 is 11.7 Å². The van der Waals surface area contributed by atoms with Crippen LogP contribution >= 0.6 is 0 Å². The molecular formula is C27H30N2O4. The Morgan fingerprint density at radius 2 is 1.76 bits per heavy atom. The van der Waals surface area contributed by atoms with E-state index < -0.39 is 0 Å². The van der Waals surface area contributed by atoms with E-state index in [0.29, 0.717) is 24.5 Å². The summed E-state index contributed by atoms with van der Waals surface area (Å²) in [5.41, 5.74) is 2.35. The number of ether oxygens (including phenoxy) is 2. The van der Waals surface area contributed by atoms with E-state index in [-0.39, 0.29) is 30.6 Å². The van der Waals surface area contributed by atoms with Gasteiger partial charge in [0, 0.05) is 24.6 Å². The van der Waals surface area contributed by atoms with Gasteiger partial charge in [0.05, 0.1) is 18.3 Å². The van der Waals surface area contributed by atoms with Crippen LogP contribution in [0, 0.1) is 0 Å². The second kappa shape index (κ2) is 12.4. The van der Waals surface area contributed by atoms with Gasteiger partial charge in [-0.3, -0.25) is 14.6 Å². The molecule has 0 saturated carbocycles. The van der Waals surface area contributed by atoms with Crippen LogP contribution in [-0.4, -0.2) is 23.3 Å². The molecule has 1 amide bonds. The Balaban J connectivity index is 1.46. The van der Waals surface area contributed by atoms with E-state index in [4.69, 9.17) is 9.47 Å². The van der Waals surface area contributed by atoms with Gasteiger partial charge in [0.2, 0.25) is 5.91 Å². The highest BCUT2D eigenvalue weighted by Gasteiger charge is 2.13. The number of carbonyl (C=O) groups excluding carboxylic acids is 2. The zero-order chi connectivity index (χ0) is 23.5. The summed E-state index contributed by atoms with van der Waals surface area (Å²) < 4.78 is 11.3. The SMILES string of the molecule is CCCOc1ccc(C(=O)CCC(=O)NC(C)c2cccc(OCc3ccccn3)c2)cc1. The lowest BCUT2D eigenvalue weighted by atomic mass is 10.1. The van der Waals surface area contributed by atoms with Crippen molar-refractivity contribution in [2.75, 3.05) is 6.61 Å². The van der Waals surface area contributed by atoms with Crippen LogP contribution in [0.15, 0.2) is 72.9 Å². The molecule has 3 aromatic rings. The molecular weight excluding hydrogens is 416 g/mol. The number of nitrogens with zero attached hydrogens (tertiary/aromatic N) is 1. The van der Waals surface area contributed by atoms with Crippen LogP contribution < -0.4 is 14.8 Å². The molecule has 3 rings (SSSR count). The molecule has 0 radical (unpaired) electrons. The average Bonchev–Trinajstić information content (AvgIpc) is 2.86. The first-order valence-corrected chi connectivity index (χ1v) is 11.2. The Labute approximate surface area is 195 Å². The van der Waals surface area contributed by atoms with Gasteiger partial charge in [-0.25, -0.2) is 0 Å². The van der Waals surface area contributed by atoms with Crippen molar-refractivity contribution < 1.29 is 19.1 Å². The van der Waals surface area contributed by atoms with Gasteiger partial charge in [0.1, 0.15) is 18.1 Å². The van der Waals surface area contributed by atoms with E-state index in [1.807, 2.05) is 56.3 Å². The van der Waals surface area contributed by atoms with Crippen LogP contribution in [0.1, 0.15) is 60.8 Å². The highest BCUT2D eigenvalue weighted by atomic mass is 16.5. The number of amides is 1. The molecule has 0 fully saturated rings. The number of carbonyl (C=O) groups is 2. The van der Waals surface area contributed by atoms with Gasteiger partial charge in [-0.2, -0.15) is 0 Å². The van der Waals surface area contributed by atoms with E-state index in [9.17, 15) is 9.59 Å². The maximum Gasteiger partial charge on any atom is 0.220 e. The molecule has 1 N–H and O–H groups in total. The molecule has 1 unspecified atom stereocenters. The van der Waals surface area contributed by atoms with E-state index >= 15 is 0 Å². The van der Waals surface area contributed by atoms with Gasteiger partial charge in [-0.05, 0) is 67.4 Å². The molecule has 0 spiro atoms. The normalized spacial score (nSPS) is 11.5. The molecule has 2 aromatic carbocycles. The summed E-state index contributed by atoms with van der Waals surface area (Å²) in [5, 5.41) is 2.96. The number of benzene rings is 2. The number of Topliss-reactive ketones (excluding diaryl/α,β-unsaturated/α-hetero) is 1. The predicted molar refractivity (Wildman–Crippen MR) is 127 cm³/mol. The van der Waals surface area contributed by atoms with Crippen LogP contribution in [0.4, 0.5) is 0 Å². The Hall–Kier alpha value is -3.67. The van der Waals surface area contributed by atoms with Crippen molar-refractivity contribution in [2.24, 2.45) is 0 Å². The quantitative estimate of drug-likeness (QED) is 0.383. The van der Waals surface area contributed by atoms with E-state index in [1.54, 1.807) is 30.5 Å². The minimum Gasteiger partial charge on any atom is -0.494 e. The summed E-state index contributed by atoms with van der Waals surface area (Å²) in [5.74, 6) is 1.22. The lowest BCUT2D eigenvalue weighted by Gasteiger charge is -2.15.